The Morgan fingerprint density at radius 1 is 1.53 bits per heavy atom. The Balaban J connectivity index is 3.25. The van der Waals surface area contributed by atoms with Gasteiger partial charge >= 0.3 is 0 Å². The van der Waals surface area contributed by atoms with Crippen LogP contribution < -0.4 is 5.73 Å². The molecule has 0 heterocycles. The molecule has 1 atom stereocenters. The van der Waals surface area contributed by atoms with Crippen LogP contribution in [0.25, 0.3) is 0 Å². The first-order valence-electron chi connectivity index (χ1n) is 5.16. The second-order valence-electron chi connectivity index (χ2n) is 3.84. The fraction of sp³-hybridized carbons (Fsp3) is 0.364. The maximum absolute atomic E-state index is 11.6. The molecule has 5 nitrogen and oxygen atoms in total. The van der Waals surface area contributed by atoms with Gasteiger partial charge in [-0.15, -0.1) is 0 Å². The minimum Gasteiger partial charge on any atom is -0.411 e. The molecule has 94 valence electrons. The highest BCUT2D eigenvalue weighted by atomic mass is 32.2. The Morgan fingerprint density at radius 3 is 2.59 bits per heavy atom. The lowest BCUT2D eigenvalue weighted by Gasteiger charge is -2.14. The summed E-state index contributed by atoms with van der Waals surface area (Å²) in [4.78, 5) is 0. The van der Waals surface area contributed by atoms with Gasteiger partial charge in [0, 0.05) is 17.5 Å². The molecule has 0 aliphatic carbocycles. The van der Waals surface area contributed by atoms with Gasteiger partial charge in [0.05, 0.1) is 0 Å². The van der Waals surface area contributed by atoms with Crippen LogP contribution in [0.2, 0.25) is 0 Å². The van der Waals surface area contributed by atoms with Gasteiger partial charge in [-0.05, 0) is 18.6 Å². The Labute approximate surface area is 101 Å². The van der Waals surface area contributed by atoms with E-state index in [1.165, 1.54) is 0 Å². The van der Waals surface area contributed by atoms with Gasteiger partial charge in [-0.25, -0.2) is 8.42 Å². The monoisotopic (exact) mass is 256 g/mol. The van der Waals surface area contributed by atoms with Crippen molar-refractivity contribution in [2.24, 2.45) is 5.16 Å². The van der Waals surface area contributed by atoms with E-state index in [1.54, 1.807) is 31.2 Å². The number of sulfone groups is 1. The zero-order valence-electron chi connectivity index (χ0n) is 9.79. The number of nitrogens with two attached hydrogens (primary N) is 1. The van der Waals surface area contributed by atoms with E-state index >= 15 is 0 Å². The lowest BCUT2D eigenvalue weighted by Crippen LogP contribution is -2.29. The van der Waals surface area contributed by atoms with Crippen molar-refractivity contribution in [1.29, 1.82) is 0 Å². The number of rotatable bonds is 4. The van der Waals surface area contributed by atoms with E-state index in [1.807, 2.05) is 0 Å². The van der Waals surface area contributed by atoms with Crippen LogP contribution in [0.4, 0.5) is 5.69 Å². The molecular formula is C11H16N2O3S. The number of hydrogen-bond acceptors (Lipinski definition) is 5. The van der Waals surface area contributed by atoms with E-state index in [-0.39, 0.29) is 5.71 Å². The third kappa shape index (κ3) is 3.20. The number of hydrogen-bond donors (Lipinski definition) is 2. The average Bonchev–Trinajstić information content (AvgIpc) is 2.23. The van der Waals surface area contributed by atoms with Gasteiger partial charge in [-0.2, -0.15) is 0 Å². The minimum atomic E-state index is -3.32. The summed E-state index contributed by atoms with van der Waals surface area (Å²) in [5.74, 6) is 0. The Kier molecular flexibility index (Phi) is 4.11. The summed E-state index contributed by atoms with van der Waals surface area (Å²) < 4.78 is 23.2. The summed E-state index contributed by atoms with van der Waals surface area (Å²) in [6, 6.07) is 6.62. The minimum absolute atomic E-state index is 0.127. The van der Waals surface area contributed by atoms with Crippen molar-refractivity contribution in [3.05, 3.63) is 29.8 Å². The molecule has 6 heteroatoms. The molecule has 17 heavy (non-hydrogen) atoms. The van der Waals surface area contributed by atoms with Crippen molar-refractivity contribution in [1.82, 2.24) is 0 Å². The SMILES string of the molecule is CC[C@H](/C(=N\O)c1cccc(N)c1)S(C)(=O)=O. The lowest BCUT2D eigenvalue weighted by atomic mass is 10.1. The fourth-order valence-corrected chi connectivity index (χ4v) is 2.90. The number of anilines is 1. The molecule has 1 rings (SSSR count). The largest absolute Gasteiger partial charge is 0.411 e. The van der Waals surface area contributed by atoms with Crippen molar-refractivity contribution in [2.75, 3.05) is 12.0 Å². The van der Waals surface area contributed by atoms with E-state index < -0.39 is 15.1 Å². The highest BCUT2D eigenvalue weighted by molar-refractivity contribution is 7.92. The normalized spacial score (nSPS) is 14.6. The highest BCUT2D eigenvalue weighted by Gasteiger charge is 2.26. The van der Waals surface area contributed by atoms with Crippen molar-refractivity contribution >= 4 is 21.2 Å². The molecule has 0 aromatic heterocycles. The predicted octanol–water partition coefficient (Wildman–Crippen LogP) is 1.27. The zero-order chi connectivity index (χ0) is 13.1. The molecule has 0 aliphatic rings. The lowest BCUT2D eigenvalue weighted by molar-refractivity contribution is 0.318. The van der Waals surface area contributed by atoms with Gasteiger partial charge in [0.1, 0.15) is 11.0 Å². The first-order valence-corrected chi connectivity index (χ1v) is 7.12. The molecule has 3 N–H and O–H groups in total. The van der Waals surface area contributed by atoms with Gasteiger partial charge in [0.15, 0.2) is 9.84 Å². The Bertz CT molecular complexity index is 523. The average molecular weight is 256 g/mol. The van der Waals surface area contributed by atoms with Crippen LogP contribution in [0.3, 0.4) is 0 Å². The van der Waals surface area contributed by atoms with Crippen LogP contribution in [0.1, 0.15) is 18.9 Å². The third-order valence-corrected chi connectivity index (χ3v) is 4.07. The summed E-state index contributed by atoms with van der Waals surface area (Å²) in [5.41, 5.74) is 6.75. The van der Waals surface area contributed by atoms with E-state index in [9.17, 15) is 8.42 Å². The summed E-state index contributed by atoms with van der Waals surface area (Å²) in [6.07, 6.45) is 1.46. The summed E-state index contributed by atoms with van der Waals surface area (Å²) in [5, 5.41) is 11.3. The smallest absolute Gasteiger partial charge is 0.156 e. The van der Waals surface area contributed by atoms with Crippen molar-refractivity contribution < 1.29 is 13.6 Å². The van der Waals surface area contributed by atoms with Gasteiger partial charge in [0.2, 0.25) is 0 Å². The van der Waals surface area contributed by atoms with Crippen LogP contribution in [0.15, 0.2) is 29.4 Å². The molecular weight excluding hydrogens is 240 g/mol. The molecule has 1 aromatic rings. The molecule has 0 saturated carbocycles. The van der Waals surface area contributed by atoms with Crippen molar-refractivity contribution in [3.63, 3.8) is 0 Å². The van der Waals surface area contributed by atoms with E-state index in [2.05, 4.69) is 5.16 Å². The number of nitrogen functional groups attached to an aromatic ring is 1. The molecule has 0 fully saturated rings. The maximum Gasteiger partial charge on any atom is 0.156 e. The standard InChI is InChI=1S/C11H16N2O3S/c1-3-10(17(2,15)16)11(13-14)8-5-4-6-9(12)7-8/h4-7,10,14H,3,12H2,1-2H3/b13-11-/t10-/m1/s1. The van der Waals surface area contributed by atoms with Crippen LogP contribution in [-0.2, 0) is 9.84 Å². The molecule has 0 unspecified atom stereocenters. The highest BCUT2D eigenvalue weighted by Crippen LogP contribution is 2.16. The molecule has 0 radical (unpaired) electrons. The first kappa shape index (κ1) is 13.5. The second kappa shape index (κ2) is 5.18. The Morgan fingerprint density at radius 2 is 2.18 bits per heavy atom. The molecule has 0 bridgehead atoms. The summed E-state index contributed by atoms with van der Waals surface area (Å²) in [7, 11) is -3.32. The van der Waals surface area contributed by atoms with Crippen molar-refractivity contribution in [3.8, 4) is 0 Å². The zero-order valence-corrected chi connectivity index (χ0v) is 10.6. The number of nitrogens with zero attached hydrogens (tertiary/aromatic N) is 1. The predicted molar refractivity (Wildman–Crippen MR) is 68.1 cm³/mol. The second-order valence-corrected chi connectivity index (χ2v) is 6.07. The topological polar surface area (TPSA) is 92.8 Å². The fourth-order valence-electron chi connectivity index (χ4n) is 1.70. The molecule has 0 spiro atoms. The van der Waals surface area contributed by atoms with Crippen LogP contribution in [0.5, 0.6) is 0 Å². The quantitative estimate of drug-likeness (QED) is 0.367. The van der Waals surface area contributed by atoms with Gasteiger partial charge < -0.3 is 10.9 Å². The van der Waals surface area contributed by atoms with Gasteiger partial charge in [-0.3, -0.25) is 0 Å². The molecule has 1 aromatic carbocycles. The molecule has 0 aliphatic heterocycles. The van der Waals surface area contributed by atoms with Crippen LogP contribution in [-0.4, -0.2) is 30.8 Å². The van der Waals surface area contributed by atoms with Gasteiger partial charge in [0.25, 0.3) is 0 Å². The molecule has 0 amide bonds. The number of benzene rings is 1. The van der Waals surface area contributed by atoms with E-state index in [0.717, 1.165) is 6.26 Å². The number of oxime groups is 1. The van der Waals surface area contributed by atoms with Crippen LogP contribution in [0, 0.1) is 0 Å². The first-order chi connectivity index (χ1) is 7.90. The maximum atomic E-state index is 11.6. The molecule has 0 saturated heterocycles. The van der Waals surface area contributed by atoms with Gasteiger partial charge in [-0.1, -0.05) is 24.2 Å². The summed E-state index contributed by atoms with van der Waals surface area (Å²) >= 11 is 0. The third-order valence-electron chi connectivity index (χ3n) is 2.48. The Hall–Kier alpha value is -1.56. The summed E-state index contributed by atoms with van der Waals surface area (Å²) in [6.45, 7) is 1.73. The van der Waals surface area contributed by atoms with Crippen molar-refractivity contribution in [2.45, 2.75) is 18.6 Å². The van der Waals surface area contributed by atoms with Crippen LogP contribution >= 0.6 is 0 Å². The van der Waals surface area contributed by atoms with E-state index in [0.29, 0.717) is 17.7 Å². The van der Waals surface area contributed by atoms with E-state index in [4.69, 9.17) is 10.9 Å².